The van der Waals surface area contributed by atoms with Crippen molar-refractivity contribution < 1.29 is 5.11 Å². The van der Waals surface area contributed by atoms with Gasteiger partial charge in [0.25, 0.3) is 0 Å². The smallest absolute Gasteiger partial charge is 0.0661 e. The van der Waals surface area contributed by atoms with Crippen molar-refractivity contribution in [2.45, 2.75) is 25.8 Å². The van der Waals surface area contributed by atoms with Gasteiger partial charge in [-0.2, -0.15) is 0 Å². The first-order valence-corrected chi connectivity index (χ1v) is 6.87. The minimum Gasteiger partial charge on any atom is -0.396 e. The van der Waals surface area contributed by atoms with Gasteiger partial charge in [-0.3, -0.25) is 0 Å². The molecule has 1 unspecified atom stereocenters. The number of aryl methyl sites for hydroxylation is 1. The highest BCUT2D eigenvalue weighted by molar-refractivity contribution is 6.35. The lowest BCUT2D eigenvalue weighted by atomic mass is 10.1. The van der Waals surface area contributed by atoms with Gasteiger partial charge in [0, 0.05) is 30.3 Å². The van der Waals surface area contributed by atoms with Gasteiger partial charge in [-0.15, -0.1) is 0 Å². The van der Waals surface area contributed by atoms with E-state index in [9.17, 15) is 0 Å². The summed E-state index contributed by atoms with van der Waals surface area (Å²) in [6, 6.07) is 6.53. The zero-order chi connectivity index (χ0) is 12.5. The van der Waals surface area contributed by atoms with Crippen LogP contribution in [0.25, 0.3) is 10.9 Å². The summed E-state index contributed by atoms with van der Waals surface area (Å²) < 4.78 is 2.15. The number of rotatable bonds is 5. The van der Waals surface area contributed by atoms with E-state index in [1.54, 1.807) is 0 Å². The molecule has 0 bridgehead atoms. The Morgan fingerprint density at radius 1 is 1.39 bits per heavy atom. The third kappa shape index (κ3) is 2.40. The van der Waals surface area contributed by atoms with E-state index in [1.165, 1.54) is 17.5 Å². The van der Waals surface area contributed by atoms with E-state index in [0.717, 1.165) is 35.7 Å². The molecule has 0 spiro atoms. The zero-order valence-electron chi connectivity index (χ0n) is 10.3. The highest BCUT2D eigenvalue weighted by Gasteiger charge is 2.22. The number of halogens is 1. The number of hydrogen-bond acceptors (Lipinski definition) is 1. The molecule has 3 heteroatoms. The molecule has 1 aromatic carbocycles. The molecule has 18 heavy (non-hydrogen) atoms. The van der Waals surface area contributed by atoms with Gasteiger partial charge in [0.1, 0.15) is 0 Å². The first kappa shape index (κ1) is 12.1. The van der Waals surface area contributed by atoms with Crippen molar-refractivity contribution >= 4 is 22.5 Å². The lowest BCUT2D eigenvalue weighted by Gasteiger charge is -2.05. The molecule has 2 aromatic rings. The summed E-state index contributed by atoms with van der Waals surface area (Å²) in [6.07, 6.45) is 7.47. The number of benzene rings is 1. The zero-order valence-corrected chi connectivity index (χ0v) is 11.0. The van der Waals surface area contributed by atoms with Gasteiger partial charge in [0.15, 0.2) is 0 Å². The maximum absolute atomic E-state index is 8.94. The number of aromatic nitrogens is 1. The molecule has 1 saturated carbocycles. The van der Waals surface area contributed by atoms with Crippen molar-refractivity contribution in [3.63, 3.8) is 0 Å². The Morgan fingerprint density at radius 2 is 2.22 bits per heavy atom. The molecule has 0 amide bonds. The quantitative estimate of drug-likeness (QED) is 0.877. The van der Waals surface area contributed by atoms with Crippen LogP contribution in [-0.2, 0) is 13.0 Å². The molecule has 1 heterocycles. The van der Waals surface area contributed by atoms with Crippen LogP contribution in [0.1, 0.15) is 18.4 Å². The van der Waals surface area contributed by atoms with Gasteiger partial charge >= 0.3 is 0 Å². The topological polar surface area (TPSA) is 25.2 Å². The van der Waals surface area contributed by atoms with Crippen LogP contribution in [0.5, 0.6) is 0 Å². The van der Waals surface area contributed by atoms with Gasteiger partial charge in [-0.05, 0) is 43.2 Å². The van der Waals surface area contributed by atoms with Crippen molar-refractivity contribution in [1.82, 2.24) is 4.57 Å². The van der Waals surface area contributed by atoms with Crippen molar-refractivity contribution in [1.29, 1.82) is 0 Å². The molecular formula is C15H17ClNO. The van der Waals surface area contributed by atoms with Crippen molar-refractivity contribution in [2.75, 3.05) is 6.61 Å². The van der Waals surface area contributed by atoms with Gasteiger partial charge in [-0.25, -0.2) is 0 Å². The molecule has 1 fully saturated rings. The van der Waals surface area contributed by atoms with Gasteiger partial charge < -0.3 is 9.67 Å². The van der Waals surface area contributed by atoms with Gasteiger partial charge in [0.05, 0.1) is 5.02 Å². The van der Waals surface area contributed by atoms with E-state index in [4.69, 9.17) is 16.7 Å². The Balaban J connectivity index is 1.94. The molecule has 1 aliphatic carbocycles. The molecular weight excluding hydrogens is 246 g/mol. The fourth-order valence-corrected chi connectivity index (χ4v) is 2.69. The predicted molar refractivity (Wildman–Crippen MR) is 74.8 cm³/mol. The Labute approximate surface area is 112 Å². The molecule has 95 valence electrons. The Kier molecular flexibility index (Phi) is 3.31. The number of fused-ring (bicyclic) bond motifs is 1. The molecule has 0 saturated heterocycles. The van der Waals surface area contributed by atoms with Gasteiger partial charge in [0.2, 0.25) is 0 Å². The first-order valence-electron chi connectivity index (χ1n) is 6.49. The van der Waals surface area contributed by atoms with Crippen molar-refractivity contribution in [2.24, 2.45) is 5.92 Å². The fourth-order valence-electron chi connectivity index (χ4n) is 2.41. The van der Waals surface area contributed by atoms with E-state index >= 15 is 0 Å². The summed E-state index contributed by atoms with van der Waals surface area (Å²) in [5, 5.41) is 10.8. The number of hydrogen-bond donors (Lipinski definition) is 1. The molecule has 1 N–H and O–H groups in total. The Morgan fingerprint density at radius 3 is 2.94 bits per heavy atom. The van der Waals surface area contributed by atoms with E-state index in [2.05, 4.69) is 29.2 Å². The predicted octanol–water partition coefficient (Wildman–Crippen LogP) is 3.44. The number of nitrogens with zero attached hydrogens (tertiary/aromatic N) is 1. The standard InChI is InChI=1S/C15H17ClNO/c16-14-10-17(6-1-7-18)15-9-12(4-5-13(14)15)8-11-2-3-11/h2,4-5,9-11,18H,1,3,6-8H2. The van der Waals surface area contributed by atoms with Crippen LogP contribution in [-0.4, -0.2) is 16.3 Å². The average molecular weight is 263 g/mol. The summed E-state index contributed by atoms with van der Waals surface area (Å²) in [5.41, 5.74) is 2.56. The van der Waals surface area contributed by atoms with E-state index in [-0.39, 0.29) is 6.61 Å². The first-order chi connectivity index (χ1) is 8.78. The van der Waals surface area contributed by atoms with Crippen molar-refractivity contribution in [3.05, 3.63) is 41.4 Å². The monoisotopic (exact) mass is 262 g/mol. The normalized spacial score (nSPS) is 15.4. The van der Waals surface area contributed by atoms with E-state index < -0.39 is 0 Å². The Bertz CT molecular complexity index is 557. The Hall–Kier alpha value is -0.990. The number of aliphatic hydroxyl groups is 1. The van der Waals surface area contributed by atoms with Crippen LogP contribution in [0.4, 0.5) is 0 Å². The average Bonchev–Trinajstić information content (AvgIpc) is 3.12. The largest absolute Gasteiger partial charge is 0.396 e. The third-order valence-electron chi connectivity index (χ3n) is 3.52. The fraction of sp³-hybridized carbons (Fsp3) is 0.400. The minimum absolute atomic E-state index is 0.216. The SMILES string of the molecule is OCCCn1cc(Cl)c2ccc(CC3[CH]C3)cc21. The van der Waals surface area contributed by atoms with Crippen LogP contribution >= 0.6 is 11.6 Å². The summed E-state index contributed by atoms with van der Waals surface area (Å²) in [4.78, 5) is 0. The van der Waals surface area contributed by atoms with Crippen LogP contribution < -0.4 is 0 Å². The third-order valence-corrected chi connectivity index (χ3v) is 3.82. The molecule has 3 rings (SSSR count). The minimum atomic E-state index is 0.216. The summed E-state index contributed by atoms with van der Waals surface area (Å²) in [6.45, 7) is 1.03. The number of aliphatic hydroxyl groups excluding tert-OH is 1. The second-order valence-electron chi connectivity index (χ2n) is 5.03. The molecule has 0 aliphatic heterocycles. The second-order valence-corrected chi connectivity index (χ2v) is 5.44. The molecule has 1 radical (unpaired) electrons. The molecule has 1 aromatic heterocycles. The van der Waals surface area contributed by atoms with Crippen LogP contribution in [0.3, 0.4) is 0 Å². The highest BCUT2D eigenvalue weighted by atomic mass is 35.5. The van der Waals surface area contributed by atoms with Crippen LogP contribution in [0.15, 0.2) is 24.4 Å². The summed E-state index contributed by atoms with van der Waals surface area (Å²) in [5.74, 6) is 0.777. The maximum atomic E-state index is 8.94. The molecule has 1 aliphatic rings. The summed E-state index contributed by atoms with van der Waals surface area (Å²) >= 11 is 6.24. The molecule has 1 atom stereocenters. The maximum Gasteiger partial charge on any atom is 0.0661 e. The van der Waals surface area contributed by atoms with E-state index in [1.807, 2.05) is 6.20 Å². The lowest BCUT2D eigenvalue weighted by molar-refractivity contribution is 0.280. The van der Waals surface area contributed by atoms with Gasteiger partial charge in [-0.1, -0.05) is 23.7 Å². The highest BCUT2D eigenvalue weighted by Crippen LogP contribution is 2.33. The lowest BCUT2D eigenvalue weighted by Crippen LogP contribution is -1.98. The van der Waals surface area contributed by atoms with Crippen molar-refractivity contribution in [3.8, 4) is 0 Å². The second kappa shape index (κ2) is 4.94. The van der Waals surface area contributed by atoms with E-state index in [0.29, 0.717) is 0 Å². The van der Waals surface area contributed by atoms with Crippen LogP contribution in [0.2, 0.25) is 5.02 Å². The summed E-state index contributed by atoms with van der Waals surface area (Å²) in [7, 11) is 0. The molecule has 2 nitrogen and oxygen atoms in total. The van der Waals surface area contributed by atoms with Crippen LogP contribution in [0, 0.1) is 12.3 Å².